The minimum atomic E-state index is -0.576. The second-order valence-corrected chi connectivity index (χ2v) is 3.97. The van der Waals surface area contributed by atoms with Gasteiger partial charge in [-0.3, -0.25) is 9.48 Å². The van der Waals surface area contributed by atoms with Gasteiger partial charge in [-0.1, -0.05) is 0 Å². The van der Waals surface area contributed by atoms with E-state index in [0.717, 1.165) is 5.82 Å². The van der Waals surface area contributed by atoms with E-state index in [1.165, 1.54) is 25.2 Å². The minimum absolute atomic E-state index is 0.388. The highest BCUT2D eigenvalue weighted by atomic mass is 32.2. The Hall–Kier alpha value is -1.08. The molecule has 1 aromatic rings. The van der Waals surface area contributed by atoms with Crippen molar-refractivity contribution in [1.82, 2.24) is 14.8 Å². The highest BCUT2D eigenvalue weighted by Gasteiger charge is 2.13. The topological polar surface area (TPSA) is 83.0 Å². The van der Waals surface area contributed by atoms with E-state index in [1.807, 2.05) is 7.05 Å². The van der Waals surface area contributed by atoms with Gasteiger partial charge in [-0.05, 0) is 0 Å². The molecular formula is C8H14N4O2S. The number of nitrogens with zero attached hydrogens (tertiary/aromatic N) is 3. The second-order valence-electron chi connectivity index (χ2n) is 2.94. The third-order valence-electron chi connectivity index (χ3n) is 1.84. The summed E-state index contributed by atoms with van der Waals surface area (Å²) >= 11 is 1.53. The van der Waals surface area contributed by atoms with Crippen LogP contribution < -0.4 is 5.73 Å². The smallest absolute Gasteiger partial charge is 0.323 e. The Morgan fingerprint density at radius 1 is 1.80 bits per heavy atom. The van der Waals surface area contributed by atoms with E-state index in [0.29, 0.717) is 11.5 Å². The molecule has 2 N–H and O–H groups in total. The molecule has 0 aliphatic carbocycles. The normalized spacial score (nSPS) is 12.5. The quantitative estimate of drug-likeness (QED) is 0.690. The molecule has 0 radical (unpaired) electrons. The van der Waals surface area contributed by atoms with Gasteiger partial charge in [0.15, 0.2) is 0 Å². The van der Waals surface area contributed by atoms with Gasteiger partial charge in [-0.2, -0.15) is 16.9 Å². The Balaban J connectivity index is 2.28. The van der Waals surface area contributed by atoms with Gasteiger partial charge in [0.2, 0.25) is 0 Å². The Morgan fingerprint density at radius 3 is 3.07 bits per heavy atom. The molecule has 0 aliphatic rings. The number of aromatic nitrogens is 3. The summed E-state index contributed by atoms with van der Waals surface area (Å²) in [5.74, 6) is 1.67. The van der Waals surface area contributed by atoms with Crippen molar-refractivity contribution in [3.63, 3.8) is 0 Å². The summed E-state index contributed by atoms with van der Waals surface area (Å²) in [7, 11) is 3.15. The van der Waals surface area contributed by atoms with Crippen molar-refractivity contribution in [2.24, 2.45) is 12.8 Å². The molecule has 0 aromatic carbocycles. The fourth-order valence-corrected chi connectivity index (χ4v) is 1.90. The molecule has 0 saturated carbocycles. The van der Waals surface area contributed by atoms with Crippen molar-refractivity contribution in [2.45, 2.75) is 11.8 Å². The molecule has 1 rings (SSSR count). The maximum atomic E-state index is 11.0. The molecule has 0 bridgehead atoms. The predicted molar refractivity (Wildman–Crippen MR) is 57.2 cm³/mol. The number of thioether (sulfide) groups is 1. The fraction of sp³-hybridized carbons (Fsp3) is 0.625. The van der Waals surface area contributed by atoms with E-state index in [4.69, 9.17) is 5.73 Å². The number of carbonyl (C=O) groups excluding carboxylic acids is 1. The molecule has 0 aliphatic heterocycles. The van der Waals surface area contributed by atoms with Gasteiger partial charge in [-0.25, -0.2) is 4.98 Å². The molecule has 0 spiro atoms. The van der Waals surface area contributed by atoms with E-state index in [9.17, 15) is 4.79 Å². The van der Waals surface area contributed by atoms with Gasteiger partial charge in [-0.15, -0.1) is 0 Å². The standard InChI is InChI=1S/C8H14N4O2S/c1-12-7(10-5-11-12)4-15-3-6(9)8(13)14-2/h5-6H,3-4,9H2,1-2H3. The highest BCUT2D eigenvalue weighted by molar-refractivity contribution is 7.98. The van der Waals surface area contributed by atoms with Crippen molar-refractivity contribution < 1.29 is 9.53 Å². The van der Waals surface area contributed by atoms with Crippen LogP contribution in [0.25, 0.3) is 0 Å². The van der Waals surface area contributed by atoms with Crippen molar-refractivity contribution in [2.75, 3.05) is 12.9 Å². The van der Waals surface area contributed by atoms with Gasteiger partial charge >= 0.3 is 5.97 Å². The summed E-state index contributed by atoms with van der Waals surface area (Å²) in [5.41, 5.74) is 5.57. The van der Waals surface area contributed by atoms with Crippen LogP contribution in [0.15, 0.2) is 6.33 Å². The van der Waals surface area contributed by atoms with Crippen LogP contribution in [0, 0.1) is 0 Å². The number of aryl methyl sites for hydroxylation is 1. The van der Waals surface area contributed by atoms with Crippen LogP contribution in [-0.2, 0) is 22.3 Å². The van der Waals surface area contributed by atoms with Crippen molar-refractivity contribution in [3.05, 3.63) is 12.2 Å². The summed E-state index contributed by atoms with van der Waals surface area (Å²) in [5, 5.41) is 3.94. The average Bonchev–Trinajstić information content (AvgIpc) is 2.63. The average molecular weight is 230 g/mol. The lowest BCUT2D eigenvalue weighted by Crippen LogP contribution is -2.33. The number of hydrogen-bond donors (Lipinski definition) is 1. The zero-order valence-corrected chi connectivity index (χ0v) is 9.53. The monoisotopic (exact) mass is 230 g/mol. The molecule has 1 atom stereocenters. The number of rotatable bonds is 5. The van der Waals surface area contributed by atoms with E-state index >= 15 is 0 Å². The first kappa shape index (κ1) is 12.0. The SMILES string of the molecule is COC(=O)C(N)CSCc1ncnn1C. The van der Waals surface area contributed by atoms with Crippen LogP contribution >= 0.6 is 11.8 Å². The molecular weight excluding hydrogens is 216 g/mol. The van der Waals surface area contributed by atoms with E-state index in [-0.39, 0.29) is 5.97 Å². The first-order chi connectivity index (χ1) is 7.15. The van der Waals surface area contributed by atoms with Crippen LogP contribution in [0.2, 0.25) is 0 Å². The first-order valence-electron chi connectivity index (χ1n) is 4.39. The zero-order chi connectivity index (χ0) is 11.3. The molecule has 6 nitrogen and oxygen atoms in total. The van der Waals surface area contributed by atoms with Crippen molar-refractivity contribution in [1.29, 1.82) is 0 Å². The van der Waals surface area contributed by atoms with E-state index in [1.54, 1.807) is 4.68 Å². The Labute approximate surface area is 92.2 Å². The van der Waals surface area contributed by atoms with Crippen LogP contribution in [0.3, 0.4) is 0 Å². The lowest BCUT2D eigenvalue weighted by Gasteiger charge is -2.07. The highest BCUT2D eigenvalue weighted by Crippen LogP contribution is 2.09. The van der Waals surface area contributed by atoms with Gasteiger partial charge in [0.1, 0.15) is 18.2 Å². The number of hydrogen-bond acceptors (Lipinski definition) is 6. The predicted octanol–water partition coefficient (Wildman–Crippen LogP) is -0.451. The first-order valence-corrected chi connectivity index (χ1v) is 5.54. The largest absolute Gasteiger partial charge is 0.468 e. The van der Waals surface area contributed by atoms with E-state index in [2.05, 4.69) is 14.8 Å². The number of methoxy groups -OCH3 is 1. The fourth-order valence-electron chi connectivity index (χ4n) is 0.947. The summed E-state index contributed by atoms with van der Waals surface area (Å²) in [6.45, 7) is 0. The Bertz CT molecular complexity index is 328. The third kappa shape index (κ3) is 3.52. The lowest BCUT2D eigenvalue weighted by atomic mass is 10.4. The van der Waals surface area contributed by atoms with Gasteiger partial charge in [0.25, 0.3) is 0 Å². The van der Waals surface area contributed by atoms with Crippen LogP contribution in [-0.4, -0.2) is 39.6 Å². The maximum Gasteiger partial charge on any atom is 0.323 e. The maximum absolute atomic E-state index is 11.0. The minimum Gasteiger partial charge on any atom is -0.468 e. The molecule has 15 heavy (non-hydrogen) atoms. The lowest BCUT2D eigenvalue weighted by molar-refractivity contribution is -0.141. The van der Waals surface area contributed by atoms with Crippen molar-refractivity contribution >= 4 is 17.7 Å². The Kier molecular flexibility index (Phi) is 4.57. The van der Waals surface area contributed by atoms with Crippen LogP contribution in [0.4, 0.5) is 0 Å². The second kappa shape index (κ2) is 5.72. The van der Waals surface area contributed by atoms with Crippen molar-refractivity contribution in [3.8, 4) is 0 Å². The summed E-state index contributed by atoms with van der Waals surface area (Å²) in [4.78, 5) is 15.0. The molecule has 0 fully saturated rings. The van der Waals surface area contributed by atoms with Gasteiger partial charge in [0.05, 0.1) is 12.9 Å². The molecule has 0 amide bonds. The summed E-state index contributed by atoms with van der Waals surface area (Å²) in [6.07, 6.45) is 1.50. The summed E-state index contributed by atoms with van der Waals surface area (Å²) < 4.78 is 6.20. The molecule has 1 unspecified atom stereocenters. The Morgan fingerprint density at radius 2 is 2.53 bits per heavy atom. The molecule has 1 aromatic heterocycles. The number of nitrogens with two attached hydrogens (primary N) is 1. The molecule has 84 valence electrons. The van der Waals surface area contributed by atoms with Crippen LogP contribution in [0.5, 0.6) is 0 Å². The number of carbonyl (C=O) groups is 1. The number of esters is 1. The molecule has 0 saturated heterocycles. The molecule has 7 heteroatoms. The third-order valence-corrected chi connectivity index (χ3v) is 2.89. The zero-order valence-electron chi connectivity index (χ0n) is 8.71. The van der Waals surface area contributed by atoms with Crippen LogP contribution in [0.1, 0.15) is 5.82 Å². The summed E-state index contributed by atoms with van der Waals surface area (Å²) in [6, 6.07) is -0.576. The van der Waals surface area contributed by atoms with E-state index < -0.39 is 6.04 Å². The van der Waals surface area contributed by atoms with Gasteiger partial charge in [0, 0.05) is 12.8 Å². The van der Waals surface area contributed by atoms with Gasteiger partial charge < -0.3 is 10.5 Å². The molecule has 1 heterocycles. The number of ether oxygens (including phenoxy) is 1.